The number of aryl methyl sites for hydroxylation is 1. The Balaban J connectivity index is 1.83. The highest BCUT2D eigenvalue weighted by atomic mass is 32.2. The minimum Gasteiger partial charge on any atom is -0.332 e. The number of nitrogens with zero attached hydrogens (tertiary/aromatic N) is 4. The number of imidazole rings is 1. The first-order valence-electron chi connectivity index (χ1n) is 5.86. The first-order chi connectivity index (χ1) is 9.56. The monoisotopic (exact) mass is 292 g/mol. The van der Waals surface area contributed by atoms with Crippen molar-refractivity contribution in [2.75, 3.05) is 0 Å². The predicted octanol–water partition coefficient (Wildman–Crippen LogP) is 0.239. The number of aromatic nitrogens is 5. The molecule has 0 saturated heterocycles. The fourth-order valence-electron chi connectivity index (χ4n) is 1.78. The van der Waals surface area contributed by atoms with E-state index >= 15 is 0 Å². The van der Waals surface area contributed by atoms with Crippen LogP contribution in [0.2, 0.25) is 0 Å². The molecule has 0 aromatic carbocycles. The van der Waals surface area contributed by atoms with Crippen molar-refractivity contribution in [2.24, 2.45) is 0 Å². The SMILES string of the molecule is Cc1ncc(S(=O)(=O)NCc2nnc3ccccn23)[nH]1. The van der Waals surface area contributed by atoms with Crippen molar-refractivity contribution in [3.05, 3.63) is 42.2 Å². The maximum atomic E-state index is 12.0. The lowest BCUT2D eigenvalue weighted by Gasteiger charge is -2.03. The Morgan fingerprint density at radius 3 is 2.95 bits per heavy atom. The van der Waals surface area contributed by atoms with E-state index < -0.39 is 10.0 Å². The predicted molar refractivity (Wildman–Crippen MR) is 70.3 cm³/mol. The minimum atomic E-state index is -3.63. The zero-order chi connectivity index (χ0) is 14.2. The quantitative estimate of drug-likeness (QED) is 0.716. The molecule has 2 N–H and O–H groups in total. The van der Waals surface area contributed by atoms with Crippen LogP contribution in [0.1, 0.15) is 11.6 Å². The van der Waals surface area contributed by atoms with E-state index in [1.165, 1.54) is 6.20 Å². The van der Waals surface area contributed by atoms with Crippen molar-refractivity contribution in [1.29, 1.82) is 0 Å². The topological polar surface area (TPSA) is 105 Å². The first kappa shape index (κ1) is 12.8. The van der Waals surface area contributed by atoms with E-state index in [9.17, 15) is 8.42 Å². The molecule has 3 aromatic rings. The third kappa shape index (κ3) is 2.28. The molecule has 104 valence electrons. The third-order valence-corrected chi connectivity index (χ3v) is 4.08. The van der Waals surface area contributed by atoms with Crippen molar-refractivity contribution in [3.63, 3.8) is 0 Å². The second kappa shape index (κ2) is 4.69. The summed E-state index contributed by atoms with van der Waals surface area (Å²) in [5.41, 5.74) is 0.666. The van der Waals surface area contributed by atoms with Crippen LogP contribution in [0, 0.1) is 6.92 Å². The summed E-state index contributed by atoms with van der Waals surface area (Å²) in [7, 11) is -3.63. The van der Waals surface area contributed by atoms with Crippen LogP contribution in [0.5, 0.6) is 0 Å². The number of hydrogen-bond donors (Lipinski definition) is 2. The highest BCUT2D eigenvalue weighted by molar-refractivity contribution is 7.89. The molecule has 8 nitrogen and oxygen atoms in total. The van der Waals surface area contributed by atoms with E-state index in [2.05, 4.69) is 24.9 Å². The van der Waals surface area contributed by atoms with Crippen LogP contribution in [-0.2, 0) is 16.6 Å². The van der Waals surface area contributed by atoms with Crippen molar-refractivity contribution in [2.45, 2.75) is 18.5 Å². The number of aromatic amines is 1. The Labute approximate surface area is 114 Å². The standard InChI is InChI=1S/C11H12N6O2S/c1-8-12-7-11(14-8)20(18,19)13-6-10-16-15-9-4-2-3-5-17(9)10/h2-5,7,13H,6H2,1H3,(H,12,14). The van der Waals surface area contributed by atoms with Crippen LogP contribution in [0.3, 0.4) is 0 Å². The summed E-state index contributed by atoms with van der Waals surface area (Å²) in [5.74, 6) is 1.05. The van der Waals surface area contributed by atoms with Crippen LogP contribution in [0.15, 0.2) is 35.6 Å². The van der Waals surface area contributed by atoms with Gasteiger partial charge in [-0.2, -0.15) is 0 Å². The van der Waals surface area contributed by atoms with Gasteiger partial charge in [-0.05, 0) is 19.1 Å². The number of rotatable bonds is 4. The van der Waals surface area contributed by atoms with Gasteiger partial charge in [0, 0.05) is 6.20 Å². The maximum Gasteiger partial charge on any atom is 0.258 e. The number of sulfonamides is 1. The second-order valence-corrected chi connectivity index (χ2v) is 5.94. The van der Waals surface area contributed by atoms with Crippen LogP contribution >= 0.6 is 0 Å². The summed E-state index contributed by atoms with van der Waals surface area (Å²) < 4.78 is 28.3. The number of pyridine rings is 1. The molecule has 0 aliphatic carbocycles. The Morgan fingerprint density at radius 1 is 1.35 bits per heavy atom. The molecule has 9 heteroatoms. The van der Waals surface area contributed by atoms with E-state index in [-0.39, 0.29) is 11.6 Å². The molecule has 3 heterocycles. The Hall–Kier alpha value is -2.26. The van der Waals surface area contributed by atoms with Gasteiger partial charge in [0.15, 0.2) is 16.5 Å². The molecule has 20 heavy (non-hydrogen) atoms. The smallest absolute Gasteiger partial charge is 0.258 e. The van der Waals surface area contributed by atoms with Crippen molar-refractivity contribution >= 4 is 15.7 Å². The van der Waals surface area contributed by atoms with Crippen LogP contribution in [-0.4, -0.2) is 33.0 Å². The van der Waals surface area contributed by atoms with Gasteiger partial charge in [-0.25, -0.2) is 18.1 Å². The van der Waals surface area contributed by atoms with Gasteiger partial charge in [0.05, 0.1) is 12.7 Å². The molecule has 0 fully saturated rings. The summed E-state index contributed by atoms with van der Waals surface area (Å²) in [6, 6.07) is 5.46. The Morgan fingerprint density at radius 2 is 2.20 bits per heavy atom. The average molecular weight is 292 g/mol. The van der Waals surface area contributed by atoms with Crippen molar-refractivity contribution in [1.82, 2.24) is 29.3 Å². The summed E-state index contributed by atoms with van der Waals surface area (Å²) in [6.45, 7) is 1.73. The number of hydrogen-bond acceptors (Lipinski definition) is 5. The molecule has 3 aromatic heterocycles. The van der Waals surface area contributed by atoms with Gasteiger partial charge in [0.25, 0.3) is 10.0 Å². The largest absolute Gasteiger partial charge is 0.332 e. The van der Waals surface area contributed by atoms with Gasteiger partial charge in [-0.3, -0.25) is 4.40 Å². The highest BCUT2D eigenvalue weighted by Crippen LogP contribution is 2.07. The van der Waals surface area contributed by atoms with Gasteiger partial charge in [-0.1, -0.05) is 6.07 Å². The van der Waals surface area contributed by atoms with E-state index in [1.54, 1.807) is 23.6 Å². The summed E-state index contributed by atoms with van der Waals surface area (Å²) >= 11 is 0. The molecule has 0 saturated carbocycles. The average Bonchev–Trinajstić information content (AvgIpc) is 3.03. The van der Waals surface area contributed by atoms with Gasteiger partial charge >= 0.3 is 0 Å². The van der Waals surface area contributed by atoms with E-state index in [1.807, 2.05) is 12.1 Å². The molecule has 0 aliphatic rings. The lowest BCUT2D eigenvalue weighted by molar-refractivity contribution is 0.575. The summed E-state index contributed by atoms with van der Waals surface area (Å²) in [5, 5.41) is 7.94. The van der Waals surface area contributed by atoms with Crippen LogP contribution in [0.25, 0.3) is 5.65 Å². The number of nitrogens with one attached hydrogen (secondary N) is 2. The van der Waals surface area contributed by atoms with Gasteiger partial charge < -0.3 is 4.98 Å². The summed E-state index contributed by atoms with van der Waals surface area (Å²) in [4.78, 5) is 6.55. The molecule has 0 radical (unpaired) electrons. The van der Waals surface area contributed by atoms with E-state index in [4.69, 9.17) is 0 Å². The molecular weight excluding hydrogens is 280 g/mol. The van der Waals surface area contributed by atoms with Gasteiger partial charge in [0.2, 0.25) is 0 Å². The second-order valence-electron chi connectivity index (χ2n) is 4.20. The Kier molecular flexibility index (Phi) is 2.99. The fourth-order valence-corrected chi connectivity index (χ4v) is 2.73. The number of fused-ring (bicyclic) bond motifs is 1. The molecular formula is C11H12N6O2S. The zero-order valence-electron chi connectivity index (χ0n) is 10.6. The van der Waals surface area contributed by atoms with Crippen molar-refractivity contribution in [3.8, 4) is 0 Å². The molecule has 0 amide bonds. The van der Waals surface area contributed by atoms with Crippen LogP contribution < -0.4 is 4.72 Å². The number of H-pyrrole nitrogens is 1. The molecule has 0 aliphatic heterocycles. The maximum absolute atomic E-state index is 12.0. The van der Waals surface area contributed by atoms with Gasteiger partial charge in [0.1, 0.15) is 5.82 Å². The molecule has 0 spiro atoms. The van der Waals surface area contributed by atoms with Crippen LogP contribution in [0.4, 0.5) is 0 Å². The Bertz CT molecular complexity index is 851. The third-order valence-electron chi connectivity index (χ3n) is 2.77. The van der Waals surface area contributed by atoms with Crippen molar-refractivity contribution < 1.29 is 8.42 Å². The lowest BCUT2D eigenvalue weighted by atomic mass is 10.5. The molecule has 0 unspecified atom stereocenters. The first-order valence-corrected chi connectivity index (χ1v) is 7.34. The zero-order valence-corrected chi connectivity index (χ0v) is 11.4. The summed E-state index contributed by atoms with van der Waals surface area (Å²) in [6.07, 6.45) is 3.05. The van der Waals surface area contributed by atoms with E-state index in [0.717, 1.165) is 0 Å². The normalized spacial score (nSPS) is 12.1. The lowest BCUT2D eigenvalue weighted by Crippen LogP contribution is -2.24. The minimum absolute atomic E-state index is 0.0313. The molecule has 0 bridgehead atoms. The molecule has 3 rings (SSSR count). The fraction of sp³-hybridized carbons (Fsp3) is 0.182. The highest BCUT2D eigenvalue weighted by Gasteiger charge is 2.17. The molecule has 0 atom stereocenters. The van der Waals surface area contributed by atoms with Gasteiger partial charge in [-0.15, -0.1) is 10.2 Å². The van der Waals surface area contributed by atoms with E-state index in [0.29, 0.717) is 17.3 Å².